The van der Waals surface area contributed by atoms with Crippen molar-refractivity contribution in [3.05, 3.63) is 47.3 Å². The number of methoxy groups -OCH3 is 1. The van der Waals surface area contributed by atoms with Gasteiger partial charge in [0.2, 0.25) is 0 Å². The molecular formula is C16H17N3OS. The molecule has 0 spiro atoms. The lowest BCUT2D eigenvalue weighted by Crippen LogP contribution is -2.02. The molecule has 0 bridgehead atoms. The lowest BCUT2D eigenvalue weighted by Gasteiger charge is -2.03. The molecule has 0 saturated carbocycles. The van der Waals surface area contributed by atoms with Crippen LogP contribution in [0.15, 0.2) is 41.8 Å². The number of rotatable bonds is 4. The van der Waals surface area contributed by atoms with Crippen LogP contribution in [0.1, 0.15) is 12.5 Å². The van der Waals surface area contributed by atoms with Crippen LogP contribution in [-0.2, 0) is 6.42 Å². The Hall–Kier alpha value is -2.27. The Balaban J connectivity index is 2.13. The van der Waals surface area contributed by atoms with E-state index in [1.165, 1.54) is 0 Å². The molecule has 1 aromatic carbocycles. The number of hydrogen-bond donors (Lipinski definition) is 1. The van der Waals surface area contributed by atoms with Crippen LogP contribution in [0.25, 0.3) is 16.3 Å². The number of ether oxygens (including phenoxy) is 1. The number of para-hydroxylation sites is 1. The fourth-order valence-corrected chi connectivity index (χ4v) is 3.19. The number of hydrogen-bond acceptors (Lipinski definition) is 4. The summed E-state index contributed by atoms with van der Waals surface area (Å²) in [6.07, 6.45) is 0.841. The zero-order valence-corrected chi connectivity index (χ0v) is 12.9. The lowest BCUT2D eigenvalue weighted by molar-refractivity contribution is 0.417. The molecule has 0 fully saturated rings. The summed E-state index contributed by atoms with van der Waals surface area (Å²) in [5.74, 6) is 1.55. The van der Waals surface area contributed by atoms with E-state index in [-0.39, 0.29) is 0 Å². The molecular weight excluding hydrogens is 282 g/mol. The number of anilines is 1. The van der Waals surface area contributed by atoms with Gasteiger partial charge in [0.05, 0.1) is 17.7 Å². The molecule has 4 nitrogen and oxygen atoms in total. The van der Waals surface area contributed by atoms with Crippen molar-refractivity contribution in [2.24, 2.45) is 0 Å². The minimum Gasteiger partial charge on any atom is -0.496 e. The van der Waals surface area contributed by atoms with Crippen molar-refractivity contribution >= 4 is 17.2 Å². The summed E-state index contributed by atoms with van der Waals surface area (Å²) >= 11 is 1.62. The van der Waals surface area contributed by atoms with Crippen LogP contribution in [0.2, 0.25) is 0 Å². The standard InChI is InChI=1S/C16H17N3OS/c1-3-13-15(14-9-12(20-2)10-21-14)18-19(16(13)17)11-7-5-4-6-8-11/h4-10H,3,17H2,1-2H3. The molecule has 0 aliphatic rings. The quantitative estimate of drug-likeness (QED) is 0.798. The maximum Gasteiger partial charge on any atom is 0.131 e. The first kappa shape index (κ1) is 13.7. The number of nitrogens with two attached hydrogens (primary N) is 1. The Labute approximate surface area is 127 Å². The van der Waals surface area contributed by atoms with Gasteiger partial charge in [-0.3, -0.25) is 0 Å². The maximum absolute atomic E-state index is 6.30. The number of nitrogen functional groups attached to an aromatic ring is 1. The van der Waals surface area contributed by atoms with Gasteiger partial charge in [0.15, 0.2) is 0 Å². The largest absolute Gasteiger partial charge is 0.496 e. The normalized spacial score (nSPS) is 10.8. The molecule has 0 unspecified atom stereocenters. The van der Waals surface area contributed by atoms with Gasteiger partial charge < -0.3 is 10.5 Å². The van der Waals surface area contributed by atoms with Crippen molar-refractivity contribution < 1.29 is 4.74 Å². The number of thiophene rings is 1. The first-order valence-electron chi connectivity index (χ1n) is 6.80. The smallest absolute Gasteiger partial charge is 0.131 e. The van der Waals surface area contributed by atoms with Crippen molar-refractivity contribution in [1.29, 1.82) is 0 Å². The van der Waals surface area contributed by atoms with Crippen molar-refractivity contribution in [1.82, 2.24) is 9.78 Å². The fraction of sp³-hybridized carbons (Fsp3) is 0.188. The Morgan fingerprint density at radius 1 is 1.29 bits per heavy atom. The van der Waals surface area contributed by atoms with E-state index in [2.05, 4.69) is 6.92 Å². The van der Waals surface area contributed by atoms with Crippen molar-refractivity contribution in [2.45, 2.75) is 13.3 Å². The molecule has 0 saturated heterocycles. The Morgan fingerprint density at radius 2 is 2.05 bits per heavy atom. The molecule has 0 aliphatic carbocycles. The minimum atomic E-state index is 0.700. The van der Waals surface area contributed by atoms with Crippen LogP contribution in [0.5, 0.6) is 5.75 Å². The highest BCUT2D eigenvalue weighted by molar-refractivity contribution is 7.13. The number of nitrogens with zero attached hydrogens (tertiary/aromatic N) is 2. The van der Waals surface area contributed by atoms with E-state index in [4.69, 9.17) is 15.6 Å². The molecule has 0 atom stereocenters. The average molecular weight is 299 g/mol. The highest BCUT2D eigenvalue weighted by Crippen LogP contribution is 2.35. The molecule has 2 heterocycles. The topological polar surface area (TPSA) is 53.1 Å². The van der Waals surface area contributed by atoms with Crippen LogP contribution in [0, 0.1) is 0 Å². The first-order chi connectivity index (χ1) is 10.2. The van der Waals surface area contributed by atoms with Gasteiger partial charge in [-0.25, -0.2) is 4.68 Å². The summed E-state index contributed by atoms with van der Waals surface area (Å²) in [6, 6.07) is 11.9. The Bertz CT molecular complexity index is 746. The van der Waals surface area contributed by atoms with Gasteiger partial charge in [-0.2, -0.15) is 5.10 Å². The molecule has 3 rings (SSSR count). The predicted octanol–water partition coefficient (Wildman–Crippen LogP) is 3.75. The SMILES string of the molecule is CCc1c(-c2cc(OC)cs2)nn(-c2ccccc2)c1N. The van der Waals surface area contributed by atoms with E-state index >= 15 is 0 Å². The summed E-state index contributed by atoms with van der Waals surface area (Å²) in [6.45, 7) is 2.09. The molecule has 2 aromatic heterocycles. The molecule has 0 radical (unpaired) electrons. The second kappa shape index (κ2) is 5.61. The van der Waals surface area contributed by atoms with Crippen LogP contribution in [-0.4, -0.2) is 16.9 Å². The molecule has 0 amide bonds. The summed E-state index contributed by atoms with van der Waals surface area (Å²) in [5, 5.41) is 6.69. The third kappa shape index (κ3) is 2.40. The number of aromatic nitrogens is 2. The predicted molar refractivity (Wildman–Crippen MR) is 87.2 cm³/mol. The molecule has 0 aliphatic heterocycles. The van der Waals surface area contributed by atoms with E-state index in [9.17, 15) is 0 Å². The molecule has 21 heavy (non-hydrogen) atoms. The van der Waals surface area contributed by atoms with Crippen molar-refractivity contribution in [3.8, 4) is 22.0 Å². The highest BCUT2D eigenvalue weighted by atomic mass is 32.1. The average Bonchev–Trinajstić information content (AvgIpc) is 3.12. The minimum absolute atomic E-state index is 0.700. The zero-order chi connectivity index (χ0) is 14.8. The van der Waals surface area contributed by atoms with Crippen LogP contribution in [0.4, 0.5) is 5.82 Å². The van der Waals surface area contributed by atoms with Crippen molar-refractivity contribution in [3.63, 3.8) is 0 Å². The monoisotopic (exact) mass is 299 g/mol. The third-order valence-corrected chi connectivity index (χ3v) is 4.34. The van der Waals surface area contributed by atoms with E-state index in [1.807, 2.05) is 41.8 Å². The van der Waals surface area contributed by atoms with E-state index < -0.39 is 0 Å². The third-order valence-electron chi connectivity index (χ3n) is 3.42. The summed E-state index contributed by atoms with van der Waals surface area (Å²) in [5.41, 5.74) is 9.28. The van der Waals surface area contributed by atoms with Crippen LogP contribution < -0.4 is 10.5 Å². The Kier molecular flexibility index (Phi) is 3.66. The number of benzene rings is 1. The molecule has 108 valence electrons. The van der Waals surface area contributed by atoms with Gasteiger partial charge in [-0.1, -0.05) is 25.1 Å². The van der Waals surface area contributed by atoms with Gasteiger partial charge in [0.25, 0.3) is 0 Å². The van der Waals surface area contributed by atoms with Gasteiger partial charge in [-0.15, -0.1) is 11.3 Å². The molecule has 2 N–H and O–H groups in total. The maximum atomic E-state index is 6.30. The Morgan fingerprint density at radius 3 is 2.67 bits per heavy atom. The first-order valence-corrected chi connectivity index (χ1v) is 7.68. The van der Waals surface area contributed by atoms with E-state index in [0.717, 1.165) is 34.0 Å². The second-order valence-corrected chi connectivity index (χ2v) is 5.58. The summed E-state index contributed by atoms with van der Waals surface area (Å²) in [7, 11) is 1.67. The van der Waals surface area contributed by atoms with Crippen LogP contribution in [0.3, 0.4) is 0 Å². The highest BCUT2D eigenvalue weighted by Gasteiger charge is 2.18. The second-order valence-electron chi connectivity index (χ2n) is 4.66. The molecule has 5 heteroatoms. The van der Waals surface area contributed by atoms with Gasteiger partial charge >= 0.3 is 0 Å². The van der Waals surface area contributed by atoms with Gasteiger partial charge in [0, 0.05) is 17.0 Å². The fourth-order valence-electron chi connectivity index (χ4n) is 2.33. The summed E-state index contributed by atoms with van der Waals surface area (Å²) in [4.78, 5) is 1.07. The van der Waals surface area contributed by atoms with Gasteiger partial charge in [-0.05, 0) is 18.6 Å². The van der Waals surface area contributed by atoms with Crippen molar-refractivity contribution in [2.75, 3.05) is 12.8 Å². The zero-order valence-electron chi connectivity index (χ0n) is 12.0. The van der Waals surface area contributed by atoms with Gasteiger partial charge in [0.1, 0.15) is 17.3 Å². The van der Waals surface area contributed by atoms with Crippen LogP contribution >= 0.6 is 11.3 Å². The van der Waals surface area contributed by atoms with E-state index in [0.29, 0.717) is 5.82 Å². The molecule has 3 aromatic rings. The lowest BCUT2D eigenvalue weighted by atomic mass is 10.1. The summed E-state index contributed by atoms with van der Waals surface area (Å²) < 4.78 is 7.06. The van der Waals surface area contributed by atoms with E-state index in [1.54, 1.807) is 23.1 Å².